The van der Waals surface area contributed by atoms with Gasteiger partial charge in [-0.3, -0.25) is 24.6 Å². The Bertz CT molecular complexity index is 1640. The summed E-state index contributed by atoms with van der Waals surface area (Å²) >= 11 is 1.24. The minimum Gasteiger partial charge on any atom is -0.507 e. The van der Waals surface area contributed by atoms with Gasteiger partial charge in [-0.25, -0.2) is 4.98 Å². The first-order valence-electron chi connectivity index (χ1n) is 11.3. The fraction of sp³-hybridized carbons (Fsp3) is 0.148. The summed E-state index contributed by atoms with van der Waals surface area (Å²) in [5.74, 6) is -1.76. The van der Waals surface area contributed by atoms with Gasteiger partial charge in [-0.1, -0.05) is 41.7 Å². The number of rotatable bonds is 5. The van der Waals surface area contributed by atoms with Crippen molar-refractivity contribution in [2.45, 2.75) is 19.9 Å². The summed E-state index contributed by atoms with van der Waals surface area (Å²) in [5.41, 5.74) is 2.80. The second-order valence-electron chi connectivity index (χ2n) is 8.68. The van der Waals surface area contributed by atoms with Crippen LogP contribution in [-0.2, 0) is 9.59 Å². The Labute approximate surface area is 215 Å². The van der Waals surface area contributed by atoms with Crippen LogP contribution in [0.2, 0.25) is 0 Å². The van der Waals surface area contributed by atoms with Crippen LogP contribution in [0.1, 0.15) is 28.3 Å². The third kappa shape index (κ3) is 4.11. The second-order valence-corrected chi connectivity index (χ2v) is 9.69. The number of fused-ring (bicyclic) bond motifs is 1. The maximum atomic E-state index is 13.4. The number of amides is 1. The highest BCUT2D eigenvalue weighted by atomic mass is 32.1. The van der Waals surface area contributed by atoms with Gasteiger partial charge in [0.25, 0.3) is 11.5 Å². The summed E-state index contributed by atoms with van der Waals surface area (Å²) in [6.45, 7) is 3.86. The van der Waals surface area contributed by atoms with Crippen molar-refractivity contribution in [3.05, 3.63) is 98.6 Å². The Morgan fingerprint density at radius 3 is 2.59 bits per heavy atom. The van der Waals surface area contributed by atoms with Gasteiger partial charge in [-0.2, -0.15) is 0 Å². The van der Waals surface area contributed by atoms with E-state index in [4.69, 9.17) is 4.74 Å². The van der Waals surface area contributed by atoms with Crippen molar-refractivity contribution in [1.82, 2.24) is 4.98 Å². The van der Waals surface area contributed by atoms with Gasteiger partial charge >= 0.3 is 5.91 Å². The van der Waals surface area contributed by atoms with Crippen molar-refractivity contribution in [2.24, 2.45) is 0 Å². The molecule has 1 saturated heterocycles. The van der Waals surface area contributed by atoms with E-state index in [-0.39, 0.29) is 22.0 Å². The number of Topliss-reactive ketones (excluding diaryl/α,β-unsaturated/α-hetero) is 1. The van der Waals surface area contributed by atoms with Gasteiger partial charge in [-0.05, 0) is 48.7 Å². The lowest BCUT2D eigenvalue weighted by molar-refractivity contribution is -0.384. The first kappa shape index (κ1) is 24.1. The Morgan fingerprint density at radius 1 is 1.11 bits per heavy atom. The van der Waals surface area contributed by atoms with Crippen molar-refractivity contribution in [3.8, 4) is 5.75 Å². The summed E-state index contributed by atoms with van der Waals surface area (Å²) in [6, 6.07) is 14.9. The Morgan fingerprint density at radius 2 is 1.86 bits per heavy atom. The zero-order valence-electron chi connectivity index (χ0n) is 20.1. The standard InChI is InChI=1S/C27H21N3O6S/c1-14-10-15(2)22-20(11-14)37-27(28-22)29-23(16-6-4-8-18(12-16)30(34)35)21(25(32)26(29)33)24(31)17-7-5-9-19(13-17)36-3/h4-13,23,31H,1-3H3/b24-21+/t23-/m1/s1. The molecule has 10 heteroatoms. The highest BCUT2D eigenvalue weighted by Gasteiger charge is 2.48. The van der Waals surface area contributed by atoms with E-state index in [9.17, 15) is 24.8 Å². The fourth-order valence-electron chi connectivity index (χ4n) is 4.54. The van der Waals surface area contributed by atoms with Gasteiger partial charge in [0.1, 0.15) is 11.5 Å². The van der Waals surface area contributed by atoms with E-state index in [0.29, 0.717) is 16.8 Å². The molecule has 0 aliphatic carbocycles. The molecule has 0 radical (unpaired) electrons. The van der Waals surface area contributed by atoms with Crippen LogP contribution in [0, 0.1) is 24.0 Å². The fourth-order valence-corrected chi connectivity index (χ4v) is 5.71. The summed E-state index contributed by atoms with van der Waals surface area (Å²) in [6.07, 6.45) is 0. The van der Waals surface area contributed by atoms with E-state index < -0.39 is 28.4 Å². The average molecular weight is 516 g/mol. The quantitative estimate of drug-likeness (QED) is 0.123. The van der Waals surface area contributed by atoms with E-state index in [1.165, 1.54) is 47.6 Å². The van der Waals surface area contributed by atoms with Crippen LogP contribution < -0.4 is 9.64 Å². The van der Waals surface area contributed by atoms with Crippen LogP contribution >= 0.6 is 11.3 Å². The molecule has 0 bridgehead atoms. The number of hydrogen-bond acceptors (Lipinski definition) is 8. The third-order valence-corrected chi connectivity index (χ3v) is 7.21. The van der Waals surface area contributed by atoms with E-state index in [2.05, 4.69) is 4.98 Å². The molecule has 1 aromatic heterocycles. The predicted octanol–water partition coefficient (Wildman–Crippen LogP) is 5.46. The maximum absolute atomic E-state index is 13.4. The van der Waals surface area contributed by atoms with Crippen LogP contribution in [0.3, 0.4) is 0 Å². The van der Waals surface area contributed by atoms with Gasteiger partial charge in [0, 0.05) is 17.7 Å². The number of methoxy groups -OCH3 is 1. The molecule has 5 rings (SSSR count). The SMILES string of the molecule is COc1cccc(/C(O)=C2\C(=O)C(=O)N(c3nc4c(C)cc(C)cc4s3)[C@@H]2c2cccc([N+](=O)[O-])c2)c1. The zero-order chi connectivity index (χ0) is 26.4. The number of benzene rings is 3. The summed E-state index contributed by atoms with van der Waals surface area (Å²) in [4.78, 5) is 43.7. The molecule has 1 fully saturated rings. The molecule has 0 spiro atoms. The number of carbonyl (C=O) groups excluding carboxylic acids is 2. The molecule has 0 saturated carbocycles. The molecular formula is C27H21N3O6S. The minimum atomic E-state index is -1.13. The largest absolute Gasteiger partial charge is 0.507 e. The molecule has 1 amide bonds. The Kier molecular flexibility index (Phi) is 5.96. The van der Waals surface area contributed by atoms with Crippen LogP contribution in [0.5, 0.6) is 5.75 Å². The molecule has 9 nitrogen and oxygen atoms in total. The van der Waals surface area contributed by atoms with Gasteiger partial charge < -0.3 is 9.84 Å². The molecule has 1 aliphatic rings. The number of ketones is 1. The van der Waals surface area contributed by atoms with Gasteiger partial charge in [0.05, 0.1) is 33.9 Å². The molecule has 37 heavy (non-hydrogen) atoms. The lowest BCUT2D eigenvalue weighted by atomic mass is 9.95. The van der Waals surface area contributed by atoms with Gasteiger partial charge in [0.15, 0.2) is 5.13 Å². The number of nitrogens with zero attached hydrogens (tertiary/aromatic N) is 3. The monoisotopic (exact) mass is 515 g/mol. The lowest BCUT2D eigenvalue weighted by Crippen LogP contribution is -2.29. The average Bonchev–Trinajstić information content (AvgIpc) is 3.42. The number of nitro benzene ring substituents is 1. The molecular weight excluding hydrogens is 494 g/mol. The van der Waals surface area contributed by atoms with E-state index in [1.54, 1.807) is 24.3 Å². The molecule has 4 aromatic rings. The predicted molar refractivity (Wildman–Crippen MR) is 140 cm³/mol. The van der Waals surface area contributed by atoms with E-state index in [1.807, 2.05) is 26.0 Å². The highest BCUT2D eigenvalue weighted by Crippen LogP contribution is 2.45. The smallest absolute Gasteiger partial charge is 0.301 e. The first-order valence-corrected chi connectivity index (χ1v) is 12.1. The first-order chi connectivity index (χ1) is 17.7. The molecule has 1 aliphatic heterocycles. The van der Waals surface area contributed by atoms with Crippen molar-refractivity contribution >= 4 is 49.8 Å². The minimum absolute atomic E-state index is 0.189. The third-order valence-electron chi connectivity index (χ3n) is 6.21. The van der Waals surface area contributed by atoms with Gasteiger partial charge in [-0.15, -0.1) is 0 Å². The van der Waals surface area contributed by atoms with E-state index in [0.717, 1.165) is 15.8 Å². The Hall–Kier alpha value is -4.57. The molecule has 0 unspecified atom stereocenters. The highest BCUT2D eigenvalue weighted by molar-refractivity contribution is 7.22. The van der Waals surface area contributed by atoms with Crippen LogP contribution in [-0.4, -0.2) is 33.8 Å². The van der Waals surface area contributed by atoms with Crippen LogP contribution in [0.25, 0.3) is 16.0 Å². The lowest BCUT2D eigenvalue weighted by Gasteiger charge is -2.22. The molecule has 2 heterocycles. The van der Waals surface area contributed by atoms with Crippen LogP contribution in [0.4, 0.5) is 10.8 Å². The number of aromatic nitrogens is 1. The summed E-state index contributed by atoms with van der Waals surface area (Å²) in [5, 5.41) is 23.1. The summed E-state index contributed by atoms with van der Waals surface area (Å²) in [7, 11) is 1.47. The van der Waals surface area contributed by atoms with Crippen molar-refractivity contribution in [1.29, 1.82) is 0 Å². The maximum Gasteiger partial charge on any atom is 0.301 e. The number of aliphatic hydroxyl groups excluding tert-OH is 1. The number of nitro groups is 1. The van der Waals surface area contributed by atoms with Crippen molar-refractivity contribution < 1.29 is 24.4 Å². The Balaban J connectivity index is 1.76. The molecule has 186 valence electrons. The number of aryl methyl sites for hydroxylation is 2. The molecule has 3 aromatic carbocycles. The number of non-ortho nitro benzene ring substituents is 1. The number of hydrogen-bond donors (Lipinski definition) is 1. The number of aliphatic hydroxyl groups is 1. The normalized spacial score (nSPS) is 16.9. The molecule has 1 atom stereocenters. The van der Waals surface area contributed by atoms with Crippen molar-refractivity contribution in [3.63, 3.8) is 0 Å². The second kappa shape index (κ2) is 9.14. The topological polar surface area (TPSA) is 123 Å². The number of carbonyl (C=O) groups is 2. The van der Waals surface area contributed by atoms with Crippen molar-refractivity contribution in [2.75, 3.05) is 12.0 Å². The zero-order valence-corrected chi connectivity index (χ0v) is 20.9. The van der Waals surface area contributed by atoms with Gasteiger partial charge in [0.2, 0.25) is 0 Å². The van der Waals surface area contributed by atoms with Crippen LogP contribution in [0.15, 0.2) is 66.2 Å². The summed E-state index contributed by atoms with van der Waals surface area (Å²) < 4.78 is 6.07. The molecule has 1 N–H and O–H groups in total. The van der Waals surface area contributed by atoms with E-state index >= 15 is 0 Å². The number of thiazole rings is 1. The number of ether oxygens (including phenoxy) is 1. The number of anilines is 1.